The minimum absolute atomic E-state index is 0.0893. The SMILES string of the molecule is COc1cnc(-n2ccnn2)c2[nH]cc(C(=O)C(=O)N3CCN(C(=O)c4ccccc4)CC3)c12.COc1cnc(-n2nccn2)c2[nH]cc(C(=O)C(=O)N3CCN(C(=O)c4ccccc4)CC3)c12. The maximum absolute atomic E-state index is 13.2. The van der Waals surface area contributed by atoms with E-state index in [1.165, 1.54) is 76.9 Å². The molecule has 22 nitrogen and oxygen atoms in total. The van der Waals surface area contributed by atoms with E-state index < -0.39 is 23.4 Å². The van der Waals surface area contributed by atoms with Crippen LogP contribution in [-0.4, -0.2) is 171 Å². The number of piperazine rings is 2. The molecule has 0 radical (unpaired) electrons. The molecule has 8 aromatic rings. The van der Waals surface area contributed by atoms with Gasteiger partial charge in [-0.3, -0.25) is 28.8 Å². The Balaban J connectivity index is 0.000000170. The molecule has 344 valence electrons. The van der Waals surface area contributed by atoms with Crippen molar-refractivity contribution in [2.45, 2.75) is 0 Å². The van der Waals surface area contributed by atoms with Crippen LogP contribution < -0.4 is 9.47 Å². The Hall–Kier alpha value is -9.08. The highest BCUT2D eigenvalue weighted by Gasteiger charge is 2.33. The number of H-pyrrole nitrogens is 2. The Labute approximate surface area is 386 Å². The Kier molecular flexibility index (Phi) is 12.4. The summed E-state index contributed by atoms with van der Waals surface area (Å²) in [6.07, 6.45) is 12.0. The number of amides is 4. The van der Waals surface area contributed by atoms with Crippen molar-refractivity contribution in [3.8, 4) is 23.1 Å². The van der Waals surface area contributed by atoms with Crippen LogP contribution >= 0.6 is 0 Å². The first-order valence-corrected chi connectivity index (χ1v) is 21.3. The molecule has 2 aliphatic rings. The fourth-order valence-corrected chi connectivity index (χ4v) is 8.12. The quantitative estimate of drug-likeness (QED) is 0.148. The summed E-state index contributed by atoms with van der Waals surface area (Å²) in [5.41, 5.74) is 2.53. The van der Waals surface area contributed by atoms with Gasteiger partial charge in [-0.05, 0) is 24.3 Å². The summed E-state index contributed by atoms with van der Waals surface area (Å²) in [7, 11) is 2.94. The number of nitrogens with one attached hydrogen (secondary N) is 2. The van der Waals surface area contributed by atoms with E-state index in [0.29, 0.717) is 82.2 Å². The van der Waals surface area contributed by atoms with Gasteiger partial charge in [-0.1, -0.05) is 41.6 Å². The number of carbonyl (C=O) groups excluding carboxylic acids is 6. The molecular formula is C46H42N14O8. The third-order valence-electron chi connectivity index (χ3n) is 11.6. The van der Waals surface area contributed by atoms with Gasteiger partial charge in [-0.15, -0.1) is 9.90 Å². The van der Waals surface area contributed by atoms with Crippen LogP contribution in [0.15, 0.2) is 110 Å². The van der Waals surface area contributed by atoms with Gasteiger partial charge in [0.25, 0.3) is 35.2 Å². The number of pyridine rings is 2. The molecule has 0 aliphatic carbocycles. The monoisotopic (exact) mass is 918 g/mol. The Morgan fingerprint density at radius 2 is 0.971 bits per heavy atom. The van der Waals surface area contributed by atoms with Gasteiger partial charge in [0, 0.05) is 75.9 Å². The third kappa shape index (κ3) is 8.48. The Morgan fingerprint density at radius 1 is 0.544 bits per heavy atom. The number of rotatable bonds is 10. The van der Waals surface area contributed by atoms with E-state index in [1.54, 1.807) is 40.3 Å². The number of benzene rings is 2. The molecule has 10 rings (SSSR count). The second-order valence-corrected chi connectivity index (χ2v) is 15.4. The average Bonchev–Trinajstić information content (AvgIpc) is 4.27. The van der Waals surface area contributed by atoms with Gasteiger partial charge in [0.15, 0.2) is 11.6 Å². The molecule has 0 unspecified atom stereocenters. The molecule has 0 saturated carbocycles. The van der Waals surface area contributed by atoms with Crippen molar-refractivity contribution < 1.29 is 38.2 Å². The van der Waals surface area contributed by atoms with Gasteiger partial charge in [-0.25, -0.2) is 14.6 Å². The number of carbonyl (C=O) groups is 6. The number of ether oxygens (including phenoxy) is 2. The Bertz CT molecular complexity index is 2930. The van der Waals surface area contributed by atoms with Gasteiger partial charge >= 0.3 is 0 Å². The van der Waals surface area contributed by atoms with Gasteiger partial charge < -0.3 is 39.0 Å². The summed E-state index contributed by atoms with van der Waals surface area (Å²) in [6, 6.07) is 18.0. The maximum Gasteiger partial charge on any atom is 0.295 e. The number of aromatic nitrogens is 10. The molecule has 8 heterocycles. The van der Waals surface area contributed by atoms with E-state index in [1.807, 2.05) is 36.4 Å². The van der Waals surface area contributed by atoms with Crippen molar-refractivity contribution in [3.63, 3.8) is 0 Å². The molecule has 2 saturated heterocycles. The summed E-state index contributed by atoms with van der Waals surface area (Å²) in [5.74, 6) is -1.27. The van der Waals surface area contributed by atoms with E-state index in [0.717, 1.165) is 0 Å². The molecule has 2 N–H and O–H groups in total. The molecule has 2 aromatic carbocycles. The summed E-state index contributed by atoms with van der Waals surface area (Å²) in [4.78, 5) is 100. The zero-order valence-electron chi connectivity index (χ0n) is 36.7. The van der Waals surface area contributed by atoms with Crippen molar-refractivity contribution in [2.24, 2.45) is 0 Å². The fraction of sp³-hybridized carbons (Fsp3) is 0.217. The van der Waals surface area contributed by atoms with Gasteiger partial charge in [-0.2, -0.15) is 10.2 Å². The summed E-state index contributed by atoms with van der Waals surface area (Å²) in [5, 5.41) is 16.8. The van der Waals surface area contributed by atoms with Crippen LogP contribution in [0.2, 0.25) is 0 Å². The largest absolute Gasteiger partial charge is 0.494 e. The number of fused-ring (bicyclic) bond motifs is 2. The van der Waals surface area contributed by atoms with Crippen LogP contribution in [0.3, 0.4) is 0 Å². The first kappa shape index (κ1) is 44.1. The normalized spacial score (nSPS) is 13.8. The highest BCUT2D eigenvalue weighted by atomic mass is 16.5. The van der Waals surface area contributed by atoms with Crippen molar-refractivity contribution in [2.75, 3.05) is 66.6 Å². The van der Waals surface area contributed by atoms with Crippen molar-refractivity contribution in [1.29, 1.82) is 0 Å². The van der Waals surface area contributed by atoms with Gasteiger partial charge in [0.1, 0.15) is 11.5 Å². The minimum atomic E-state index is -0.669. The number of hydrogen-bond acceptors (Lipinski definition) is 14. The van der Waals surface area contributed by atoms with Crippen LogP contribution in [0, 0.1) is 0 Å². The van der Waals surface area contributed by atoms with E-state index in [-0.39, 0.29) is 49.1 Å². The number of ketones is 2. The van der Waals surface area contributed by atoms with Crippen LogP contribution in [0.1, 0.15) is 41.4 Å². The van der Waals surface area contributed by atoms with E-state index >= 15 is 0 Å². The lowest BCUT2D eigenvalue weighted by Gasteiger charge is -2.34. The lowest BCUT2D eigenvalue weighted by atomic mass is 10.1. The standard InChI is InChI=1S/2C23H21N7O4/c1-34-17-14-25-21(30-8-7-26-27-30)19-18(17)16(13-24-19)20(31)23(33)29-11-9-28(10-12-29)22(32)15-5-3-2-4-6-15;1-34-17-14-25-21(30-26-7-8-27-30)19-18(17)16(13-24-19)20(31)23(33)29-11-9-28(10-12-29)22(32)15-5-3-2-4-6-15/h2*2-8,13-14,24H,9-12H2,1H3. The maximum atomic E-state index is 13.2. The molecular weight excluding hydrogens is 877 g/mol. The number of methoxy groups -OCH3 is 2. The molecule has 0 spiro atoms. The lowest BCUT2D eigenvalue weighted by Crippen LogP contribution is -2.52. The van der Waals surface area contributed by atoms with Crippen molar-refractivity contribution >= 4 is 57.0 Å². The van der Waals surface area contributed by atoms with Crippen LogP contribution in [-0.2, 0) is 9.59 Å². The zero-order valence-corrected chi connectivity index (χ0v) is 36.7. The van der Waals surface area contributed by atoms with Gasteiger partial charge in [0.05, 0.1) is 84.3 Å². The summed E-state index contributed by atoms with van der Waals surface area (Å²) in [6.45, 7) is 2.49. The van der Waals surface area contributed by atoms with Crippen LogP contribution in [0.4, 0.5) is 0 Å². The topological polar surface area (TPSA) is 253 Å². The highest BCUT2D eigenvalue weighted by Crippen LogP contribution is 2.33. The molecule has 2 fully saturated rings. The lowest BCUT2D eigenvalue weighted by molar-refractivity contribution is -0.128. The third-order valence-corrected chi connectivity index (χ3v) is 11.6. The number of Topliss-reactive ketones (excluding diaryl/α,β-unsaturated/α-hetero) is 2. The number of aromatic amines is 2. The van der Waals surface area contributed by atoms with E-state index in [4.69, 9.17) is 9.47 Å². The van der Waals surface area contributed by atoms with Crippen LogP contribution in [0.25, 0.3) is 33.4 Å². The molecule has 68 heavy (non-hydrogen) atoms. The second kappa shape index (κ2) is 19.2. The number of nitrogens with zero attached hydrogens (tertiary/aromatic N) is 12. The highest BCUT2D eigenvalue weighted by molar-refractivity contribution is 6.46. The zero-order chi connectivity index (χ0) is 47.3. The molecule has 0 atom stereocenters. The van der Waals surface area contributed by atoms with E-state index in [9.17, 15) is 28.8 Å². The molecule has 22 heteroatoms. The first-order valence-electron chi connectivity index (χ1n) is 21.3. The molecule has 6 aromatic heterocycles. The summed E-state index contributed by atoms with van der Waals surface area (Å²) >= 11 is 0. The predicted molar refractivity (Wildman–Crippen MR) is 242 cm³/mol. The second-order valence-electron chi connectivity index (χ2n) is 15.4. The van der Waals surface area contributed by atoms with Gasteiger partial charge in [0.2, 0.25) is 0 Å². The molecule has 4 amide bonds. The number of hydrogen-bond donors (Lipinski definition) is 2. The average molecular weight is 919 g/mol. The fourth-order valence-electron chi connectivity index (χ4n) is 8.12. The molecule has 2 aliphatic heterocycles. The van der Waals surface area contributed by atoms with Crippen molar-refractivity contribution in [1.82, 2.24) is 69.5 Å². The first-order chi connectivity index (χ1) is 33.2. The Morgan fingerprint density at radius 3 is 1.40 bits per heavy atom. The molecule has 0 bridgehead atoms. The van der Waals surface area contributed by atoms with Crippen LogP contribution in [0.5, 0.6) is 11.5 Å². The summed E-state index contributed by atoms with van der Waals surface area (Å²) < 4.78 is 12.3. The smallest absolute Gasteiger partial charge is 0.295 e. The minimum Gasteiger partial charge on any atom is -0.494 e. The van der Waals surface area contributed by atoms with Crippen molar-refractivity contribution in [3.05, 3.63) is 132 Å². The van der Waals surface area contributed by atoms with E-state index in [2.05, 4.69) is 40.4 Å². The predicted octanol–water partition coefficient (Wildman–Crippen LogP) is 2.64.